The predicted octanol–water partition coefficient (Wildman–Crippen LogP) is 5.56. The molecular weight excluding hydrogens is 284 g/mol. The van der Waals surface area contributed by atoms with Crippen molar-refractivity contribution in [2.45, 2.75) is 51.0 Å². The van der Waals surface area contributed by atoms with Gasteiger partial charge in [-0.3, -0.25) is 0 Å². The highest BCUT2D eigenvalue weighted by Gasteiger charge is 2.20. The Kier molecular flexibility index (Phi) is 5.22. The Labute approximate surface area is 139 Å². The van der Waals surface area contributed by atoms with Gasteiger partial charge in [0.25, 0.3) is 0 Å². The maximum Gasteiger partial charge on any atom is 0.161 e. The van der Waals surface area contributed by atoms with Crippen LogP contribution < -0.4 is 9.47 Å². The Morgan fingerprint density at radius 1 is 0.957 bits per heavy atom. The molecule has 0 spiro atoms. The summed E-state index contributed by atoms with van der Waals surface area (Å²) in [6.07, 6.45) is 6.27. The first kappa shape index (κ1) is 15.9. The average Bonchev–Trinajstić information content (AvgIpc) is 3.10. The SMILES string of the molecule is CCC(c1ccccc1)c1ccc(OC)c(OC2CCCC2)c1. The molecule has 1 fully saturated rings. The van der Waals surface area contributed by atoms with E-state index < -0.39 is 0 Å². The summed E-state index contributed by atoms with van der Waals surface area (Å²) in [7, 11) is 1.71. The molecule has 2 heteroatoms. The van der Waals surface area contributed by atoms with Gasteiger partial charge in [0.1, 0.15) is 0 Å². The molecule has 0 N–H and O–H groups in total. The molecule has 1 aliphatic rings. The minimum Gasteiger partial charge on any atom is -0.493 e. The molecule has 1 saturated carbocycles. The molecule has 0 heterocycles. The fraction of sp³-hybridized carbons (Fsp3) is 0.429. The van der Waals surface area contributed by atoms with Gasteiger partial charge in [0.15, 0.2) is 11.5 Å². The van der Waals surface area contributed by atoms with Gasteiger partial charge in [0, 0.05) is 5.92 Å². The molecule has 1 aliphatic carbocycles. The van der Waals surface area contributed by atoms with E-state index in [4.69, 9.17) is 9.47 Å². The van der Waals surface area contributed by atoms with Crippen LogP contribution in [0, 0.1) is 0 Å². The lowest BCUT2D eigenvalue weighted by Gasteiger charge is -2.20. The Bertz CT molecular complexity index is 615. The number of hydrogen-bond donors (Lipinski definition) is 0. The van der Waals surface area contributed by atoms with E-state index in [9.17, 15) is 0 Å². The van der Waals surface area contributed by atoms with Gasteiger partial charge in [-0.15, -0.1) is 0 Å². The van der Waals surface area contributed by atoms with Gasteiger partial charge in [-0.2, -0.15) is 0 Å². The van der Waals surface area contributed by atoms with E-state index in [2.05, 4.69) is 49.4 Å². The summed E-state index contributed by atoms with van der Waals surface area (Å²) in [5, 5.41) is 0. The fourth-order valence-electron chi connectivity index (χ4n) is 3.54. The van der Waals surface area contributed by atoms with Crippen molar-refractivity contribution in [2.75, 3.05) is 7.11 Å². The van der Waals surface area contributed by atoms with Gasteiger partial charge in [-0.1, -0.05) is 43.3 Å². The van der Waals surface area contributed by atoms with Crippen molar-refractivity contribution in [3.8, 4) is 11.5 Å². The van der Waals surface area contributed by atoms with E-state index in [1.54, 1.807) is 7.11 Å². The molecule has 1 atom stereocenters. The molecular formula is C21H26O2. The summed E-state index contributed by atoms with van der Waals surface area (Å²) < 4.78 is 11.7. The summed E-state index contributed by atoms with van der Waals surface area (Å²) in [5.41, 5.74) is 2.65. The van der Waals surface area contributed by atoms with E-state index in [1.807, 2.05) is 6.07 Å². The first-order chi connectivity index (χ1) is 11.3. The fourth-order valence-corrected chi connectivity index (χ4v) is 3.54. The second kappa shape index (κ2) is 7.54. The standard InChI is InChI=1S/C21H26O2/c1-3-19(16-9-5-4-6-10-16)17-13-14-20(22-2)21(15-17)23-18-11-7-8-12-18/h4-6,9-10,13-15,18-19H,3,7-8,11-12H2,1-2H3. The maximum absolute atomic E-state index is 6.24. The molecule has 0 amide bonds. The first-order valence-corrected chi connectivity index (χ1v) is 8.71. The lowest BCUT2D eigenvalue weighted by molar-refractivity contribution is 0.200. The third-order valence-corrected chi connectivity index (χ3v) is 4.80. The molecule has 0 bridgehead atoms. The van der Waals surface area contributed by atoms with Gasteiger partial charge < -0.3 is 9.47 Å². The Morgan fingerprint density at radius 3 is 2.35 bits per heavy atom. The van der Waals surface area contributed by atoms with Crippen LogP contribution >= 0.6 is 0 Å². The summed E-state index contributed by atoms with van der Waals surface area (Å²) in [5.74, 6) is 2.13. The van der Waals surface area contributed by atoms with E-state index >= 15 is 0 Å². The minimum atomic E-state index is 0.343. The summed E-state index contributed by atoms with van der Waals surface area (Å²) in [4.78, 5) is 0. The highest BCUT2D eigenvalue weighted by atomic mass is 16.5. The molecule has 23 heavy (non-hydrogen) atoms. The Morgan fingerprint density at radius 2 is 1.70 bits per heavy atom. The number of methoxy groups -OCH3 is 1. The van der Waals surface area contributed by atoms with Crippen LogP contribution in [-0.2, 0) is 0 Å². The van der Waals surface area contributed by atoms with Crippen molar-refractivity contribution in [1.82, 2.24) is 0 Å². The number of rotatable bonds is 6. The topological polar surface area (TPSA) is 18.5 Å². The summed E-state index contributed by atoms with van der Waals surface area (Å²) in [6.45, 7) is 2.24. The number of benzene rings is 2. The zero-order valence-electron chi connectivity index (χ0n) is 14.1. The molecule has 2 aromatic rings. The van der Waals surface area contributed by atoms with E-state index in [1.165, 1.54) is 24.0 Å². The van der Waals surface area contributed by atoms with Gasteiger partial charge in [-0.25, -0.2) is 0 Å². The van der Waals surface area contributed by atoms with Crippen LogP contribution in [0.2, 0.25) is 0 Å². The molecule has 2 aromatic carbocycles. The molecule has 0 radical (unpaired) electrons. The highest BCUT2D eigenvalue weighted by Crippen LogP contribution is 2.36. The van der Waals surface area contributed by atoms with E-state index in [-0.39, 0.29) is 0 Å². The number of hydrogen-bond acceptors (Lipinski definition) is 2. The minimum absolute atomic E-state index is 0.343. The monoisotopic (exact) mass is 310 g/mol. The maximum atomic E-state index is 6.24. The lowest BCUT2D eigenvalue weighted by Crippen LogP contribution is -2.12. The van der Waals surface area contributed by atoms with Crippen LogP contribution in [-0.4, -0.2) is 13.2 Å². The van der Waals surface area contributed by atoms with Crippen LogP contribution in [0.25, 0.3) is 0 Å². The largest absolute Gasteiger partial charge is 0.493 e. The average molecular weight is 310 g/mol. The van der Waals surface area contributed by atoms with Crippen molar-refractivity contribution in [3.63, 3.8) is 0 Å². The summed E-state index contributed by atoms with van der Waals surface area (Å²) in [6, 6.07) is 17.1. The smallest absolute Gasteiger partial charge is 0.161 e. The van der Waals surface area contributed by atoms with Crippen LogP contribution in [0.15, 0.2) is 48.5 Å². The Balaban J connectivity index is 1.89. The normalized spacial score (nSPS) is 16.3. The van der Waals surface area contributed by atoms with Crippen molar-refractivity contribution in [1.29, 1.82) is 0 Å². The predicted molar refractivity (Wildman–Crippen MR) is 94.5 cm³/mol. The van der Waals surface area contributed by atoms with Crippen molar-refractivity contribution >= 4 is 0 Å². The molecule has 3 rings (SSSR count). The van der Waals surface area contributed by atoms with Gasteiger partial charge in [0.2, 0.25) is 0 Å². The molecule has 0 aromatic heterocycles. The van der Waals surface area contributed by atoms with E-state index in [0.717, 1.165) is 30.8 Å². The van der Waals surface area contributed by atoms with Crippen LogP contribution in [0.5, 0.6) is 11.5 Å². The highest BCUT2D eigenvalue weighted by molar-refractivity contribution is 5.46. The van der Waals surface area contributed by atoms with Crippen LogP contribution in [0.4, 0.5) is 0 Å². The van der Waals surface area contributed by atoms with Crippen LogP contribution in [0.1, 0.15) is 56.1 Å². The zero-order chi connectivity index (χ0) is 16.1. The third kappa shape index (κ3) is 3.69. The molecule has 2 nitrogen and oxygen atoms in total. The first-order valence-electron chi connectivity index (χ1n) is 8.71. The second-order valence-electron chi connectivity index (χ2n) is 6.31. The molecule has 0 aliphatic heterocycles. The van der Waals surface area contributed by atoms with Crippen LogP contribution in [0.3, 0.4) is 0 Å². The summed E-state index contributed by atoms with van der Waals surface area (Å²) >= 11 is 0. The quantitative estimate of drug-likeness (QED) is 0.695. The second-order valence-corrected chi connectivity index (χ2v) is 6.31. The van der Waals surface area contributed by atoms with Gasteiger partial charge in [0.05, 0.1) is 13.2 Å². The molecule has 0 saturated heterocycles. The van der Waals surface area contributed by atoms with Crippen molar-refractivity contribution < 1.29 is 9.47 Å². The lowest BCUT2D eigenvalue weighted by atomic mass is 9.89. The zero-order valence-corrected chi connectivity index (χ0v) is 14.1. The van der Waals surface area contributed by atoms with Gasteiger partial charge in [-0.05, 0) is 55.4 Å². The van der Waals surface area contributed by atoms with Crippen molar-refractivity contribution in [2.24, 2.45) is 0 Å². The molecule has 122 valence electrons. The molecule has 1 unspecified atom stereocenters. The Hall–Kier alpha value is -1.96. The van der Waals surface area contributed by atoms with Crippen molar-refractivity contribution in [3.05, 3.63) is 59.7 Å². The van der Waals surface area contributed by atoms with Gasteiger partial charge >= 0.3 is 0 Å². The third-order valence-electron chi connectivity index (χ3n) is 4.80. The number of ether oxygens (including phenoxy) is 2. The van der Waals surface area contributed by atoms with E-state index in [0.29, 0.717) is 12.0 Å².